The van der Waals surface area contributed by atoms with Gasteiger partial charge in [0, 0.05) is 0 Å². The van der Waals surface area contributed by atoms with Crippen LogP contribution in [0.25, 0.3) is 0 Å². The van der Waals surface area contributed by atoms with E-state index in [1.54, 1.807) is 0 Å². The lowest BCUT2D eigenvalue weighted by Gasteiger charge is -2.37. The van der Waals surface area contributed by atoms with Gasteiger partial charge in [0.25, 0.3) is 0 Å². The van der Waals surface area contributed by atoms with E-state index >= 15 is 0 Å². The minimum atomic E-state index is -0.954. The maximum absolute atomic E-state index is 3.91. The van der Waals surface area contributed by atoms with Crippen LogP contribution in [0.1, 0.15) is 26.2 Å². The summed E-state index contributed by atoms with van der Waals surface area (Å²) in [5, 5.41) is 0.672. The Morgan fingerprint density at radius 3 is 2.25 bits per heavy atom. The largest absolute Gasteiger partial charge is 0.103 e. The number of allylic oxidation sites excluding steroid dienone is 1. The van der Waals surface area contributed by atoms with Gasteiger partial charge < -0.3 is 0 Å². The van der Waals surface area contributed by atoms with Crippen molar-refractivity contribution in [2.45, 2.75) is 50.9 Å². The molecule has 0 saturated heterocycles. The fourth-order valence-corrected chi connectivity index (χ4v) is 3.94. The molecule has 2 atom stereocenters. The average molecular weight is 182 g/mol. The Morgan fingerprint density at radius 1 is 1.42 bits per heavy atom. The molecule has 1 aliphatic carbocycles. The van der Waals surface area contributed by atoms with E-state index in [4.69, 9.17) is 0 Å². The van der Waals surface area contributed by atoms with E-state index in [0.29, 0.717) is 5.04 Å². The van der Waals surface area contributed by atoms with Gasteiger partial charge in [-0.25, -0.2) is 0 Å². The molecule has 1 rings (SSSR count). The van der Waals surface area contributed by atoms with Crippen LogP contribution >= 0.6 is 0 Å². The lowest BCUT2D eigenvalue weighted by Crippen LogP contribution is -2.35. The molecule has 0 spiro atoms. The molecule has 0 aromatic rings. The second kappa shape index (κ2) is 3.02. The molecule has 0 radical (unpaired) electrons. The van der Waals surface area contributed by atoms with Crippen molar-refractivity contribution in [2.75, 3.05) is 0 Å². The first kappa shape index (κ1) is 10.0. The highest BCUT2D eigenvalue weighted by molar-refractivity contribution is 6.79. The molecule has 0 aromatic carbocycles. The molecule has 0 amide bonds. The summed E-state index contributed by atoms with van der Waals surface area (Å²) in [6.07, 6.45) is 6.36. The molecule has 2 unspecified atom stereocenters. The highest BCUT2D eigenvalue weighted by Crippen LogP contribution is 2.54. The van der Waals surface area contributed by atoms with Gasteiger partial charge in [0.05, 0.1) is 8.07 Å². The van der Waals surface area contributed by atoms with E-state index in [1.807, 2.05) is 0 Å². The molecular formula is C11H22Si. The van der Waals surface area contributed by atoms with Gasteiger partial charge in [0.2, 0.25) is 0 Å². The fourth-order valence-electron chi connectivity index (χ4n) is 2.17. The molecule has 12 heavy (non-hydrogen) atoms. The van der Waals surface area contributed by atoms with Gasteiger partial charge in [-0.05, 0) is 30.2 Å². The Hall–Kier alpha value is -0.0431. The van der Waals surface area contributed by atoms with Crippen LogP contribution in [-0.4, -0.2) is 8.07 Å². The van der Waals surface area contributed by atoms with E-state index in [1.165, 1.54) is 19.3 Å². The van der Waals surface area contributed by atoms with Crippen LogP contribution in [0.5, 0.6) is 0 Å². The van der Waals surface area contributed by atoms with Crippen molar-refractivity contribution < 1.29 is 0 Å². The van der Waals surface area contributed by atoms with Crippen LogP contribution in [-0.2, 0) is 0 Å². The third-order valence-electron chi connectivity index (χ3n) is 3.92. The summed E-state index contributed by atoms with van der Waals surface area (Å²) < 4.78 is 0. The topological polar surface area (TPSA) is 0 Å². The van der Waals surface area contributed by atoms with Crippen molar-refractivity contribution in [2.24, 2.45) is 5.92 Å². The lowest BCUT2D eigenvalue weighted by molar-refractivity contribution is 0.584. The fraction of sp³-hybridized carbons (Fsp3) is 0.818. The number of hydrogen-bond donors (Lipinski definition) is 0. The third kappa shape index (κ3) is 1.66. The minimum Gasteiger partial charge on any atom is -0.103 e. The molecule has 0 bridgehead atoms. The van der Waals surface area contributed by atoms with Crippen molar-refractivity contribution in [1.29, 1.82) is 0 Å². The van der Waals surface area contributed by atoms with Crippen LogP contribution in [0, 0.1) is 5.92 Å². The zero-order chi connectivity index (χ0) is 9.41. The molecule has 0 aromatic heterocycles. The van der Waals surface area contributed by atoms with E-state index in [9.17, 15) is 0 Å². The first-order chi connectivity index (χ1) is 5.39. The smallest absolute Gasteiger partial charge is 0.0502 e. The second-order valence-corrected chi connectivity index (χ2v) is 11.3. The van der Waals surface area contributed by atoms with E-state index < -0.39 is 8.07 Å². The van der Waals surface area contributed by atoms with Crippen LogP contribution < -0.4 is 0 Å². The summed E-state index contributed by atoms with van der Waals surface area (Å²) in [6.45, 7) is 13.9. The number of hydrogen-bond acceptors (Lipinski definition) is 0. The lowest BCUT2D eigenvalue weighted by atomic mass is 10.1. The molecule has 70 valence electrons. The number of rotatable bonds is 2. The quantitative estimate of drug-likeness (QED) is 0.446. The Kier molecular flexibility index (Phi) is 2.53. The predicted octanol–water partition coefficient (Wildman–Crippen LogP) is 4.07. The van der Waals surface area contributed by atoms with Gasteiger partial charge in [0.1, 0.15) is 0 Å². The van der Waals surface area contributed by atoms with Crippen LogP contribution in [0.15, 0.2) is 12.7 Å². The summed E-state index contributed by atoms with van der Waals surface area (Å²) in [5.74, 6) is 0.807. The molecule has 1 heteroatoms. The second-order valence-electron chi connectivity index (χ2n) is 5.55. The molecule has 0 N–H and O–H groups in total. The van der Waals surface area contributed by atoms with E-state index in [2.05, 4.69) is 39.2 Å². The SMILES string of the molecule is C=CC1CCC(C)([Si](C)(C)C)C1. The Morgan fingerprint density at radius 2 is 2.00 bits per heavy atom. The maximum Gasteiger partial charge on any atom is 0.0502 e. The highest BCUT2D eigenvalue weighted by atomic mass is 28.3. The van der Waals surface area contributed by atoms with Crippen LogP contribution in [0.4, 0.5) is 0 Å². The van der Waals surface area contributed by atoms with E-state index in [-0.39, 0.29) is 0 Å². The summed E-state index contributed by atoms with van der Waals surface area (Å²) in [6, 6.07) is 0. The van der Waals surface area contributed by atoms with Gasteiger partial charge in [-0.15, -0.1) is 6.58 Å². The molecule has 1 aliphatic rings. The van der Waals surface area contributed by atoms with Crippen molar-refractivity contribution in [3.63, 3.8) is 0 Å². The zero-order valence-corrected chi connectivity index (χ0v) is 9.98. The molecule has 0 heterocycles. The summed E-state index contributed by atoms with van der Waals surface area (Å²) in [5.41, 5.74) is 0. The predicted molar refractivity (Wildman–Crippen MR) is 59.3 cm³/mol. The standard InChI is InChI=1S/C11H22Si/c1-6-10-7-8-11(2,9-10)12(3,4)5/h6,10H,1,7-9H2,2-5H3. The van der Waals surface area contributed by atoms with Crippen molar-refractivity contribution in [3.05, 3.63) is 12.7 Å². The Labute approximate surface area is 78.1 Å². The highest BCUT2D eigenvalue weighted by Gasteiger charge is 2.43. The van der Waals surface area contributed by atoms with Crippen LogP contribution in [0.2, 0.25) is 24.7 Å². The molecule has 0 aliphatic heterocycles. The summed E-state index contributed by atoms with van der Waals surface area (Å²) in [7, 11) is -0.954. The summed E-state index contributed by atoms with van der Waals surface area (Å²) >= 11 is 0. The maximum atomic E-state index is 3.91. The van der Waals surface area contributed by atoms with Crippen molar-refractivity contribution in [3.8, 4) is 0 Å². The zero-order valence-electron chi connectivity index (χ0n) is 8.98. The van der Waals surface area contributed by atoms with Crippen molar-refractivity contribution in [1.82, 2.24) is 0 Å². The van der Waals surface area contributed by atoms with Crippen molar-refractivity contribution >= 4 is 8.07 Å². The van der Waals surface area contributed by atoms with Crippen LogP contribution in [0.3, 0.4) is 0 Å². The average Bonchev–Trinajstić information content (AvgIpc) is 2.31. The van der Waals surface area contributed by atoms with Gasteiger partial charge in [0.15, 0.2) is 0 Å². The first-order valence-electron chi connectivity index (χ1n) is 5.02. The monoisotopic (exact) mass is 182 g/mol. The molecule has 1 saturated carbocycles. The normalized spacial score (nSPS) is 36.8. The Bertz CT molecular complexity index is 178. The van der Waals surface area contributed by atoms with Gasteiger partial charge in [-0.3, -0.25) is 0 Å². The molecular weight excluding hydrogens is 160 g/mol. The minimum absolute atomic E-state index is 0.672. The van der Waals surface area contributed by atoms with Gasteiger partial charge in [-0.1, -0.05) is 32.6 Å². The molecule has 0 nitrogen and oxygen atoms in total. The molecule has 1 fully saturated rings. The Balaban J connectivity index is 2.70. The first-order valence-corrected chi connectivity index (χ1v) is 8.52. The summed E-state index contributed by atoms with van der Waals surface area (Å²) in [4.78, 5) is 0. The van der Waals surface area contributed by atoms with Gasteiger partial charge in [-0.2, -0.15) is 0 Å². The third-order valence-corrected chi connectivity index (χ3v) is 8.00. The van der Waals surface area contributed by atoms with Gasteiger partial charge >= 0.3 is 0 Å². The van der Waals surface area contributed by atoms with E-state index in [0.717, 1.165) is 5.92 Å².